The van der Waals surface area contributed by atoms with E-state index in [1.807, 2.05) is 4.90 Å². The van der Waals surface area contributed by atoms with Crippen molar-refractivity contribution in [1.82, 2.24) is 19.9 Å². The van der Waals surface area contributed by atoms with E-state index in [1.165, 1.54) is 0 Å². The number of aromatic nitrogens is 2. The molecular weight excluding hydrogens is 325 g/mol. The number of rotatable bonds is 4. The van der Waals surface area contributed by atoms with Gasteiger partial charge in [0.25, 0.3) is 0 Å². The van der Waals surface area contributed by atoms with Crippen molar-refractivity contribution in [1.29, 1.82) is 0 Å². The van der Waals surface area contributed by atoms with Crippen molar-refractivity contribution in [3.63, 3.8) is 0 Å². The molecule has 0 spiro atoms. The first kappa shape index (κ1) is 15.9. The zero-order valence-corrected chi connectivity index (χ0v) is 13.1. The fraction of sp³-hybridized carbons (Fsp3) is 0.800. The SMILES string of the molecule is O=C1[C@@H](N2CCC[C@@H]2c2noc(C3CC3)n2)CCN1CC(F)(F)F. The fourth-order valence-corrected chi connectivity index (χ4v) is 3.72. The van der Waals surface area contributed by atoms with E-state index in [0.29, 0.717) is 30.6 Å². The van der Waals surface area contributed by atoms with Crippen LogP contribution in [0.5, 0.6) is 0 Å². The van der Waals surface area contributed by atoms with Gasteiger partial charge in [0, 0.05) is 12.5 Å². The summed E-state index contributed by atoms with van der Waals surface area (Å²) in [6.07, 6.45) is -0.151. The minimum atomic E-state index is -4.36. The third-order valence-corrected chi connectivity index (χ3v) is 5.02. The molecule has 0 bridgehead atoms. The lowest BCUT2D eigenvalue weighted by Crippen LogP contribution is -2.43. The zero-order valence-electron chi connectivity index (χ0n) is 13.1. The maximum Gasteiger partial charge on any atom is 0.406 e. The molecule has 4 rings (SSSR count). The van der Waals surface area contributed by atoms with Crippen molar-refractivity contribution < 1.29 is 22.5 Å². The lowest BCUT2D eigenvalue weighted by Gasteiger charge is -2.27. The summed E-state index contributed by atoms with van der Waals surface area (Å²) in [5.41, 5.74) is 0. The summed E-state index contributed by atoms with van der Waals surface area (Å²) in [7, 11) is 0. The normalized spacial score (nSPS) is 29.0. The van der Waals surface area contributed by atoms with Gasteiger partial charge in [-0.3, -0.25) is 9.69 Å². The molecule has 0 radical (unpaired) electrons. The summed E-state index contributed by atoms with van der Waals surface area (Å²) < 4.78 is 43.0. The van der Waals surface area contributed by atoms with E-state index >= 15 is 0 Å². The number of likely N-dealkylation sites (tertiary alicyclic amines) is 2. The molecule has 1 aromatic heterocycles. The minimum Gasteiger partial charge on any atom is -0.339 e. The van der Waals surface area contributed by atoms with E-state index in [-0.39, 0.29) is 12.6 Å². The Hall–Kier alpha value is -1.64. The van der Waals surface area contributed by atoms with Gasteiger partial charge in [0.05, 0.1) is 12.1 Å². The van der Waals surface area contributed by atoms with Gasteiger partial charge in [-0.1, -0.05) is 5.16 Å². The van der Waals surface area contributed by atoms with E-state index in [4.69, 9.17) is 4.52 Å². The predicted molar refractivity (Wildman–Crippen MR) is 76.0 cm³/mol. The van der Waals surface area contributed by atoms with E-state index in [0.717, 1.165) is 30.6 Å². The van der Waals surface area contributed by atoms with Crippen LogP contribution in [0.4, 0.5) is 13.2 Å². The third-order valence-electron chi connectivity index (χ3n) is 5.02. The molecule has 132 valence electrons. The number of hydrogen-bond acceptors (Lipinski definition) is 5. The first-order valence-corrected chi connectivity index (χ1v) is 8.37. The van der Waals surface area contributed by atoms with Gasteiger partial charge in [0.2, 0.25) is 11.8 Å². The van der Waals surface area contributed by atoms with Crippen LogP contribution in [-0.2, 0) is 4.79 Å². The smallest absolute Gasteiger partial charge is 0.339 e. The number of halogens is 3. The molecule has 2 aliphatic heterocycles. The second-order valence-corrected chi connectivity index (χ2v) is 6.84. The molecule has 3 heterocycles. The summed E-state index contributed by atoms with van der Waals surface area (Å²) in [4.78, 5) is 19.7. The van der Waals surface area contributed by atoms with Crippen molar-refractivity contribution in [3.8, 4) is 0 Å². The van der Waals surface area contributed by atoms with E-state index in [9.17, 15) is 18.0 Å². The second kappa shape index (κ2) is 5.72. The maximum absolute atomic E-state index is 12.6. The van der Waals surface area contributed by atoms with Crippen LogP contribution >= 0.6 is 0 Å². The minimum absolute atomic E-state index is 0.138. The van der Waals surface area contributed by atoms with Gasteiger partial charge in [-0.25, -0.2) is 0 Å². The quantitative estimate of drug-likeness (QED) is 0.838. The Kier molecular flexibility index (Phi) is 3.78. The predicted octanol–water partition coefficient (Wildman–Crippen LogP) is 2.25. The molecule has 2 saturated heterocycles. The Labute approximate surface area is 137 Å². The Bertz CT molecular complexity index is 628. The Morgan fingerprint density at radius 1 is 1.12 bits per heavy atom. The summed E-state index contributed by atoms with van der Waals surface area (Å²) in [5.74, 6) is 1.13. The molecule has 3 fully saturated rings. The average Bonchev–Trinajstić information content (AvgIpc) is 2.93. The third kappa shape index (κ3) is 3.01. The van der Waals surface area contributed by atoms with E-state index in [2.05, 4.69) is 10.1 Å². The number of amides is 1. The molecule has 1 aromatic rings. The highest BCUT2D eigenvalue weighted by molar-refractivity contribution is 5.84. The summed E-state index contributed by atoms with van der Waals surface area (Å²) in [5, 5.41) is 4.05. The monoisotopic (exact) mass is 344 g/mol. The Morgan fingerprint density at radius 2 is 1.92 bits per heavy atom. The summed E-state index contributed by atoms with van der Waals surface area (Å²) >= 11 is 0. The highest BCUT2D eigenvalue weighted by atomic mass is 19.4. The van der Waals surface area contributed by atoms with Crippen LogP contribution in [0.3, 0.4) is 0 Å². The highest BCUT2D eigenvalue weighted by Gasteiger charge is 2.45. The van der Waals surface area contributed by atoms with Crippen molar-refractivity contribution in [3.05, 3.63) is 11.7 Å². The molecule has 2 atom stereocenters. The van der Waals surface area contributed by atoms with Crippen LogP contribution in [0, 0.1) is 0 Å². The van der Waals surface area contributed by atoms with E-state index < -0.39 is 24.7 Å². The average molecular weight is 344 g/mol. The van der Waals surface area contributed by atoms with E-state index in [1.54, 1.807) is 0 Å². The van der Waals surface area contributed by atoms with Gasteiger partial charge < -0.3 is 9.42 Å². The van der Waals surface area contributed by atoms with Crippen LogP contribution in [0.15, 0.2) is 4.52 Å². The molecule has 1 saturated carbocycles. The van der Waals surface area contributed by atoms with Gasteiger partial charge in [0.15, 0.2) is 5.82 Å². The lowest BCUT2D eigenvalue weighted by molar-refractivity contribution is -0.159. The molecule has 0 unspecified atom stereocenters. The van der Waals surface area contributed by atoms with Crippen LogP contribution in [0.25, 0.3) is 0 Å². The highest BCUT2D eigenvalue weighted by Crippen LogP contribution is 2.41. The maximum atomic E-state index is 12.6. The molecule has 9 heteroatoms. The standard InChI is InChI=1S/C15H19F3N4O2/c16-15(17,18)8-21-7-5-11(14(21)23)22-6-1-2-10(22)12-19-13(24-20-12)9-3-4-9/h9-11H,1-8H2/t10-,11+/m1/s1. The Morgan fingerprint density at radius 3 is 2.62 bits per heavy atom. The Balaban J connectivity index is 1.47. The number of alkyl halides is 3. The van der Waals surface area contributed by atoms with Gasteiger partial charge in [-0.2, -0.15) is 18.2 Å². The molecular formula is C15H19F3N4O2. The van der Waals surface area contributed by atoms with Crippen molar-refractivity contribution in [2.75, 3.05) is 19.6 Å². The summed E-state index contributed by atoms with van der Waals surface area (Å²) in [6, 6.07) is -0.649. The number of carbonyl (C=O) groups is 1. The van der Waals surface area contributed by atoms with Crippen molar-refractivity contribution in [2.24, 2.45) is 0 Å². The van der Waals surface area contributed by atoms with Crippen molar-refractivity contribution in [2.45, 2.75) is 56.3 Å². The van der Waals surface area contributed by atoms with Crippen molar-refractivity contribution >= 4 is 5.91 Å². The van der Waals surface area contributed by atoms with Gasteiger partial charge in [-0.05, 0) is 38.6 Å². The summed E-state index contributed by atoms with van der Waals surface area (Å²) in [6.45, 7) is -0.352. The molecule has 0 aromatic carbocycles. The molecule has 0 N–H and O–H groups in total. The number of hydrogen-bond donors (Lipinski definition) is 0. The fourth-order valence-electron chi connectivity index (χ4n) is 3.72. The molecule has 1 amide bonds. The lowest BCUT2D eigenvalue weighted by atomic mass is 10.1. The first-order valence-electron chi connectivity index (χ1n) is 8.37. The van der Waals surface area contributed by atoms with Crippen LogP contribution in [-0.4, -0.2) is 57.7 Å². The largest absolute Gasteiger partial charge is 0.406 e. The van der Waals surface area contributed by atoms with Crippen LogP contribution in [0.1, 0.15) is 55.8 Å². The molecule has 6 nitrogen and oxygen atoms in total. The molecule has 3 aliphatic rings. The topological polar surface area (TPSA) is 62.5 Å². The van der Waals surface area contributed by atoms with Crippen LogP contribution in [0.2, 0.25) is 0 Å². The first-order chi connectivity index (χ1) is 11.4. The van der Waals surface area contributed by atoms with Gasteiger partial charge in [0.1, 0.15) is 6.54 Å². The second-order valence-electron chi connectivity index (χ2n) is 6.84. The number of carbonyl (C=O) groups excluding carboxylic acids is 1. The molecule has 24 heavy (non-hydrogen) atoms. The molecule has 1 aliphatic carbocycles. The van der Waals surface area contributed by atoms with Crippen LogP contribution < -0.4 is 0 Å². The van der Waals surface area contributed by atoms with Gasteiger partial charge in [-0.15, -0.1) is 0 Å². The van der Waals surface area contributed by atoms with Gasteiger partial charge >= 0.3 is 6.18 Å². The number of nitrogens with zero attached hydrogens (tertiary/aromatic N) is 4. The zero-order chi connectivity index (χ0) is 16.9.